The number of hydrogen-bond donors (Lipinski definition) is 1. The van der Waals surface area contributed by atoms with Gasteiger partial charge in [-0.2, -0.15) is 0 Å². The third-order valence-electron chi connectivity index (χ3n) is 11.9. The van der Waals surface area contributed by atoms with Crippen molar-refractivity contribution in [3.05, 3.63) is 78.9 Å². The van der Waals surface area contributed by atoms with Crippen molar-refractivity contribution in [1.29, 1.82) is 0 Å². The van der Waals surface area contributed by atoms with Gasteiger partial charge in [0.05, 0.1) is 32.6 Å². The highest BCUT2D eigenvalue weighted by Gasteiger charge is 2.34. The van der Waals surface area contributed by atoms with Crippen molar-refractivity contribution in [1.82, 2.24) is 5.32 Å². The van der Waals surface area contributed by atoms with Gasteiger partial charge in [-0.1, -0.05) is 84.7 Å². The molecule has 0 bridgehead atoms. The molecule has 2 aromatic rings. The fraction of sp³-hybridized carbons (Fsp3) is 0.620. The molecule has 0 spiro atoms. The predicted molar refractivity (Wildman–Crippen MR) is 265 cm³/mol. The Balaban J connectivity index is 0.000000357. The molecule has 0 unspecified atom stereocenters. The third-order valence-corrected chi connectivity index (χ3v) is 17.4. The minimum Gasteiger partial charge on any atom is -0.493 e. The molecule has 0 saturated heterocycles. The van der Waals surface area contributed by atoms with Crippen LogP contribution in [0.5, 0.6) is 11.5 Å². The van der Waals surface area contributed by atoms with Gasteiger partial charge in [0.2, 0.25) is 0 Å². The summed E-state index contributed by atoms with van der Waals surface area (Å²) in [7, 11) is -5.59. The number of rotatable bonds is 26. The average molecular weight is 942 g/mol. The van der Waals surface area contributed by atoms with Gasteiger partial charge in [-0.05, 0) is 106 Å². The van der Waals surface area contributed by atoms with Gasteiger partial charge in [-0.25, -0.2) is 9.59 Å². The molecule has 4 rings (SSSR count). The Hall–Kier alpha value is -3.33. The first-order valence-electron chi connectivity index (χ1n) is 23.6. The van der Waals surface area contributed by atoms with E-state index in [2.05, 4.69) is 85.3 Å². The van der Waals surface area contributed by atoms with Crippen molar-refractivity contribution in [3.63, 3.8) is 0 Å². The summed E-state index contributed by atoms with van der Waals surface area (Å²) in [4.78, 5) is 36.4. The number of fused-ring (bicyclic) bond motifs is 2. The Kier molecular flexibility index (Phi) is 22.0. The van der Waals surface area contributed by atoms with Gasteiger partial charge >= 0.3 is 19.5 Å². The summed E-state index contributed by atoms with van der Waals surface area (Å²) in [6.45, 7) is 33.9. The van der Waals surface area contributed by atoms with Crippen molar-refractivity contribution in [2.45, 2.75) is 158 Å². The Morgan fingerprint density at radius 2 is 1.14 bits per heavy atom. The molecule has 2 aromatic carbocycles. The van der Waals surface area contributed by atoms with Crippen LogP contribution in [0.4, 0.5) is 0 Å². The molecule has 2 aliphatic rings. The second-order valence-corrected chi connectivity index (χ2v) is 32.4. The maximum atomic E-state index is 12.7. The third kappa shape index (κ3) is 15.4. The SMILES string of the molecule is CCC(C=O)=CCc1c(CC)c(C)c2c(c1OCC[Si](C)(C)C)C(=O)OC2.CCOP(=O)(CCNCC(=CCc1c(CC)c(C)c2c(c1OCC[Si](C)(C)C)C(=O)OC2)CC)OCC. The molecule has 0 amide bonds. The lowest BCUT2D eigenvalue weighted by Gasteiger charge is -2.22. The van der Waals surface area contributed by atoms with Gasteiger partial charge in [0.25, 0.3) is 0 Å². The van der Waals surface area contributed by atoms with Crippen molar-refractivity contribution < 1.29 is 46.9 Å². The second kappa shape index (κ2) is 25.5. The number of ether oxygens (including phenoxy) is 4. The molecule has 2 aliphatic heterocycles. The molecule has 1 N–H and O–H groups in total. The summed E-state index contributed by atoms with van der Waals surface area (Å²) in [5.74, 6) is 0.813. The number of allylic oxidation sites excluding steroid dienone is 3. The zero-order chi connectivity index (χ0) is 47.8. The van der Waals surface area contributed by atoms with Gasteiger partial charge in [0.15, 0.2) is 0 Å². The zero-order valence-electron chi connectivity index (χ0n) is 41.8. The number of hydrogen-bond acceptors (Lipinski definition) is 11. The van der Waals surface area contributed by atoms with E-state index in [1.165, 1.54) is 16.7 Å². The zero-order valence-corrected chi connectivity index (χ0v) is 44.7. The van der Waals surface area contributed by atoms with E-state index in [0.717, 1.165) is 76.6 Å². The Morgan fingerprint density at radius 3 is 1.52 bits per heavy atom. The number of aldehydes is 1. The fourth-order valence-electron chi connectivity index (χ4n) is 8.00. The molecule has 0 aliphatic carbocycles. The van der Waals surface area contributed by atoms with Crippen LogP contribution in [0.15, 0.2) is 23.3 Å². The van der Waals surface area contributed by atoms with E-state index in [1.807, 2.05) is 26.8 Å². The monoisotopic (exact) mass is 942 g/mol. The molecule has 0 saturated carbocycles. The highest BCUT2D eigenvalue weighted by molar-refractivity contribution is 7.53. The van der Waals surface area contributed by atoms with E-state index in [0.29, 0.717) is 101 Å². The average Bonchev–Trinajstić information content (AvgIpc) is 3.82. The first-order chi connectivity index (χ1) is 30.2. The van der Waals surface area contributed by atoms with Gasteiger partial charge in [-0.15, -0.1) is 0 Å². The minimum atomic E-state index is -3.05. The van der Waals surface area contributed by atoms with E-state index < -0.39 is 23.7 Å². The number of nitrogens with one attached hydrogen (secondary N) is 1. The first kappa shape index (κ1) is 55.0. The topological polar surface area (TPSA) is 136 Å². The standard InChI is InChI=1S/C28H48NO6PSi.C22H32O4Si/c1-9-22(19-29-15-17-36(31,34-11-3)35-12-4)13-14-24-23(10-2)21(5)25-20-33-28(30)26(25)27(24)32-16-18-37(6,7)8;1-7-16(13-23)9-10-18-17(8-2)15(3)19-14-26-22(24)20(19)21(18)25-11-12-27(4,5)6/h13,29H,9-12,14-20H2,1-8H3;9,13H,7-8,10-12,14H2,1-6H3. The van der Waals surface area contributed by atoms with E-state index >= 15 is 0 Å². The maximum Gasteiger partial charge on any atom is 0.342 e. The van der Waals surface area contributed by atoms with Crippen molar-refractivity contribution >= 4 is 42.0 Å². The lowest BCUT2D eigenvalue weighted by Crippen LogP contribution is -2.23. The summed E-state index contributed by atoms with van der Waals surface area (Å²) in [5.41, 5.74) is 12.0. The summed E-state index contributed by atoms with van der Waals surface area (Å²) >= 11 is 0. The van der Waals surface area contributed by atoms with Gasteiger partial charge in [0, 0.05) is 51.5 Å². The van der Waals surface area contributed by atoms with E-state index in [9.17, 15) is 18.9 Å². The normalized spacial score (nSPS) is 14.2. The van der Waals surface area contributed by atoms with Crippen LogP contribution >= 0.6 is 7.60 Å². The Bertz CT molecular complexity index is 2040. The number of esters is 2. The quantitative estimate of drug-likeness (QED) is 0.0184. The van der Waals surface area contributed by atoms with Crippen LogP contribution in [0, 0.1) is 13.8 Å². The van der Waals surface area contributed by atoms with Gasteiger partial charge in [0.1, 0.15) is 42.1 Å². The molecular formula is C50H80NO10PSi2. The van der Waals surface area contributed by atoms with Gasteiger partial charge in [-0.3, -0.25) is 9.36 Å². The molecule has 0 atom stereocenters. The molecule has 0 aromatic heterocycles. The van der Waals surface area contributed by atoms with Crippen LogP contribution in [-0.2, 0) is 66.8 Å². The molecule has 14 heteroatoms. The van der Waals surface area contributed by atoms with E-state index in [-0.39, 0.29) is 11.9 Å². The largest absolute Gasteiger partial charge is 0.493 e. The number of cyclic esters (lactones) is 2. The maximum absolute atomic E-state index is 12.7. The molecule has 11 nitrogen and oxygen atoms in total. The predicted octanol–water partition coefficient (Wildman–Crippen LogP) is 11.7. The molecular weight excluding hydrogens is 862 g/mol. The molecule has 2 heterocycles. The second-order valence-electron chi connectivity index (χ2n) is 18.9. The number of benzene rings is 2. The molecule has 0 radical (unpaired) electrons. The highest BCUT2D eigenvalue weighted by atomic mass is 31.2. The molecule has 64 heavy (non-hydrogen) atoms. The summed E-state index contributed by atoms with van der Waals surface area (Å²) in [6, 6.07) is 2.05. The van der Waals surface area contributed by atoms with E-state index in [1.54, 1.807) is 0 Å². The smallest absolute Gasteiger partial charge is 0.342 e. The van der Waals surface area contributed by atoms with Crippen molar-refractivity contribution in [3.8, 4) is 11.5 Å². The Morgan fingerprint density at radius 1 is 0.688 bits per heavy atom. The summed E-state index contributed by atoms with van der Waals surface area (Å²) in [5, 5.41) is 3.40. The highest BCUT2D eigenvalue weighted by Crippen LogP contribution is 2.47. The van der Waals surface area contributed by atoms with Crippen molar-refractivity contribution in [2.24, 2.45) is 0 Å². The van der Waals surface area contributed by atoms with Crippen LogP contribution < -0.4 is 14.8 Å². The summed E-state index contributed by atoms with van der Waals surface area (Å²) < 4.78 is 46.9. The van der Waals surface area contributed by atoms with Crippen molar-refractivity contribution in [2.75, 3.05) is 45.7 Å². The summed E-state index contributed by atoms with van der Waals surface area (Å²) in [6.07, 6.45) is 10.0. The number of carbonyl (C=O) groups is 3. The fourth-order valence-corrected chi connectivity index (χ4v) is 11.0. The molecule has 358 valence electrons. The van der Waals surface area contributed by atoms with E-state index in [4.69, 9.17) is 28.0 Å². The van der Waals surface area contributed by atoms with Crippen LogP contribution in [0.3, 0.4) is 0 Å². The first-order valence-corrected chi connectivity index (χ1v) is 32.7. The van der Waals surface area contributed by atoms with Crippen LogP contribution in [-0.4, -0.2) is 80.1 Å². The number of carbonyl (C=O) groups excluding carboxylic acids is 3. The van der Waals surface area contributed by atoms with Crippen LogP contribution in [0.2, 0.25) is 51.4 Å². The Labute approximate surface area is 387 Å². The minimum absolute atomic E-state index is 0.278. The lowest BCUT2D eigenvalue weighted by molar-refractivity contribution is -0.105. The van der Waals surface area contributed by atoms with Crippen LogP contribution in [0.1, 0.15) is 120 Å². The lowest BCUT2D eigenvalue weighted by atomic mass is 9.89. The van der Waals surface area contributed by atoms with Gasteiger partial charge < -0.3 is 33.3 Å². The molecule has 0 fully saturated rings. The van der Waals surface area contributed by atoms with Crippen LogP contribution in [0.25, 0.3) is 0 Å².